The highest BCUT2D eigenvalue weighted by molar-refractivity contribution is 5.97. The lowest BCUT2D eigenvalue weighted by molar-refractivity contribution is 0.0793. The number of nitrogens with zero attached hydrogens (tertiary/aromatic N) is 1. The molecule has 0 bridgehead atoms. The lowest BCUT2D eigenvalue weighted by Crippen LogP contribution is -2.33. The molecule has 1 rings (SSSR count). The van der Waals surface area contributed by atoms with Crippen LogP contribution in [0, 0.1) is 6.92 Å². The summed E-state index contributed by atoms with van der Waals surface area (Å²) in [4.78, 5) is 14.4. The Morgan fingerprint density at radius 2 is 1.95 bits per heavy atom. The second kappa shape index (κ2) is 6.94. The number of hydrogen-bond acceptors (Lipinski definition) is 3. The maximum Gasteiger partial charge on any atom is 0.257 e. The molecule has 118 valence electrons. The van der Waals surface area contributed by atoms with Crippen LogP contribution in [0.1, 0.15) is 42.3 Å². The number of hydrogen-bond donors (Lipinski definition) is 1. The fraction of sp³-hybridized carbons (Fsp3) is 0.588. The molecule has 0 aliphatic heterocycles. The van der Waals surface area contributed by atoms with Crippen LogP contribution < -0.4 is 10.1 Å². The second-order valence-electron chi connectivity index (χ2n) is 6.47. The van der Waals surface area contributed by atoms with Crippen LogP contribution >= 0.6 is 0 Å². The van der Waals surface area contributed by atoms with Gasteiger partial charge in [-0.25, -0.2) is 0 Å². The van der Waals surface area contributed by atoms with Gasteiger partial charge in [0, 0.05) is 25.7 Å². The fourth-order valence-corrected chi connectivity index (χ4v) is 2.30. The summed E-state index contributed by atoms with van der Waals surface area (Å²) in [5.74, 6) is 0.686. The van der Waals surface area contributed by atoms with E-state index in [-0.39, 0.29) is 11.3 Å². The number of aryl methyl sites for hydroxylation is 1. The topological polar surface area (TPSA) is 41.6 Å². The van der Waals surface area contributed by atoms with Crippen molar-refractivity contribution in [2.45, 2.75) is 33.1 Å². The molecule has 0 atom stereocenters. The molecule has 0 aromatic heterocycles. The van der Waals surface area contributed by atoms with E-state index >= 15 is 0 Å². The standard InChI is InChI=1S/C17H28N2O2/c1-12-10-13(16(20)19(6)9-8-18-5)15(21-7)14(11-12)17(2,3)4/h10-11,18H,8-9H2,1-7H3. The first kappa shape index (κ1) is 17.5. The molecule has 4 heteroatoms. The van der Waals surface area contributed by atoms with Gasteiger partial charge in [-0.2, -0.15) is 0 Å². The number of likely N-dealkylation sites (N-methyl/N-ethyl adjacent to an activating group) is 2. The van der Waals surface area contributed by atoms with Gasteiger partial charge in [-0.05, 0) is 31.0 Å². The maximum absolute atomic E-state index is 12.7. The van der Waals surface area contributed by atoms with Crippen LogP contribution in [0.5, 0.6) is 5.75 Å². The summed E-state index contributed by atoms with van der Waals surface area (Å²) in [6, 6.07) is 4.01. The Balaban J connectivity index is 3.29. The first-order valence-corrected chi connectivity index (χ1v) is 7.31. The molecule has 0 fully saturated rings. The van der Waals surface area contributed by atoms with Gasteiger partial charge in [-0.15, -0.1) is 0 Å². The number of benzene rings is 1. The molecular formula is C17H28N2O2. The minimum atomic E-state index is -0.0735. The van der Waals surface area contributed by atoms with Crippen molar-refractivity contribution < 1.29 is 9.53 Å². The average molecular weight is 292 g/mol. The third kappa shape index (κ3) is 4.21. The smallest absolute Gasteiger partial charge is 0.257 e. The van der Waals surface area contributed by atoms with Crippen molar-refractivity contribution >= 4 is 5.91 Å². The highest BCUT2D eigenvalue weighted by Gasteiger charge is 2.25. The van der Waals surface area contributed by atoms with E-state index in [1.165, 1.54) is 0 Å². The molecule has 1 N–H and O–H groups in total. The van der Waals surface area contributed by atoms with E-state index in [4.69, 9.17) is 4.74 Å². The zero-order valence-corrected chi connectivity index (χ0v) is 14.3. The molecule has 0 saturated carbocycles. The minimum Gasteiger partial charge on any atom is -0.496 e. The zero-order valence-electron chi connectivity index (χ0n) is 14.3. The van der Waals surface area contributed by atoms with Crippen LogP contribution in [0.4, 0.5) is 0 Å². The number of methoxy groups -OCH3 is 1. The summed E-state index contributed by atoms with van der Waals surface area (Å²) < 4.78 is 5.57. The molecule has 0 saturated heterocycles. The van der Waals surface area contributed by atoms with Gasteiger partial charge in [0.1, 0.15) is 5.75 Å². The van der Waals surface area contributed by atoms with Gasteiger partial charge >= 0.3 is 0 Å². The number of rotatable bonds is 5. The average Bonchev–Trinajstić information content (AvgIpc) is 2.41. The summed E-state index contributed by atoms with van der Waals surface area (Å²) >= 11 is 0. The van der Waals surface area contributed by atoms with Crippen molar-refractivity contribution in [2.24, 2.45) is 0 Å². The first-order valence-electron chi connectivity index (χ1n) is 7.31. The molecule has 1 amide bonds. The van der Waals surface area contributed by atoms with Gasteiger partial charge in [0.15, 0.2) is 0 Å². The lowest BCUT2D eigenvalue weighted by atomic mass is 9.84. The van der Waals surface area contributed by atoms with Crippen LogP contribution in [0.3, 0.4) is 0 Å². The number of nitrogens with one attached hydrogen (secondary N) is 1. The molecule has 1 aromatic rings. The van der Waals surface area contributed by atoms with Crippen molar-refractivity contribution in [3.05, 3.63) is 28.8 Å². The molecule has 0 heterocycles. The quantitative estimate of drug-likeness (QED) is 0.907. The number of ether oxygens (including phenoxy) is 1. The molecular weight excluding hydrogens is 264 g/mol. The van der Waals surface area contributed by atoms with Crippen LogP contribution in [0.25, 0.3) is 0 Å². The number of amides is 1. The van der Waals surface area contributed by atoms with Gasteiger partial charge in [0.05, 0.1) is 12.7 Å². The van der Waals surface area contributed by atoms with E-state index in [1.807, 2.05) is 27.1 Å². The van der Waals surface area contributed by atoms with Gasteiger partial charge in [0.2, 0.25) is 0 Å². The van der Waals surface area contributed by atoms with Crippen molar-refractivity contribution in [1.82, 2.24) is 10.2 Å². The van der Waals surface area contributed by atoms with Gasteiger partial charge < -0.3 is 15.0 Å². The van der Waals surface area contributed by atoms with Crippen molar-refractivity contribution in [3.63, 3.8) is 0 Å². The summed E-state index contributed by atoms with van der Waals surface area (Å²) in [6.45, 7) is 9.83. The Kier molecular flexibility index (Phi) is 5.78. The third-order valence-electron chi connectivity index (χ3n) is 3.52. The second-order valence-corrected chi connectivity index (χ2v) is 6.47. The Morgan fingerprint density at radius 1 is 1.33 bits per heavy atom. The predicted octanol–water partition coefficient (Wildman–Crippen LogP) is 2.59. The minimum absolute atomic E-state index is 0.00343. The normalized spacial score (nSPS) is 11.4. The third-order valence-corrected chi connectivity index (χ3v) is 3.52. The monoisotopic (exact) mass is 292 g/mol. The summed E-state index contributed by atoms with van der Waals surface area (Å²) in [6.07, 6.45) is 0. The molecule has 0 aliphatic carbocycles. The molecule has 1 aromatic carbocycles. The SMILES string of the molecule is CNCCN(C)C(=O)c1cc(C)cc(C(C)(C)C)c1OC. The van der Waals surface area contributed by atoms with Crippen LogP contribution in [0.2, 0.25) is 0 Å². The van der Waals surface area contributed by atoms with E-state index in [0.29, 0.717) is 17.9 Å². The van der Waals surface area contributed by atoms with Gasteiger partial charge in [-0.3, -0.25) is 4.79 Å². The zero-order chi connectivity index (χ0) is 16.2. The molecule has 0 radical (unpaired) electrons. The molecule has 21 heavy (non-hydrogen) atoms. The van der Waals surface area contributed by atoms with E-state index < -0.39 is 0 Å². The van der Waals surface area contributed by atoms with Gasteiger partial charge in [0.25, 0.3) is 5.91 Å². The Hall–Kier alpha value is -1.55. The van der Waals surface area contributed by atoms with Crippen LogP contribution in [-0.4, -0.2) is 45.1 Å². The predicted molar refractivity (Wildman–Crippen MR) is 87.3 cm³/mol. The summed E-state index contributed by atoms with van der Waals surface area (Å²) in [5, 5.41) is 3.06. The Morgan fingerprint density at radius 3 is 2.43 bits per heavy atom. The largest absolute Gasteiger partial charge is 0.496 e. The van der Waals surface area contributed by atoms with E-state index in [9.17, 15) is 4.79 Å². The lowest BCUT2D eigenvalue weighted by Gasteiger charge is -2.26. The van der Waals surface area contributed by atoms with E-state index in [0.717, 1.165) is 17.7 Å². The summed E-state index contributed by atoms with van der Waals surface area (Å²) in [7, 11) is 5.33. The van der Waals surface area contributed by atoms with Crippen molar-refractivity contribution in [3.8, 4) is 5.75 Å². The molecule has 4 nitrogen and oxygen atoms in total. The number of carbonyl (C=O) groups is 1. The van der Waals surface area contributed by atoms with Crippen molar-refractivity contribution in [2.75, 3.05) is 34.3 Å². The molecule has 0 unspecified atom stereocenters. The Labute approximate surface area is 128 Å². The van der Waals surface area contributed by atoms with Crippen LogP contribution in [0.15, 0.2) is 12.1 Å². The molecule has 0 spiro atoms. The van der Waals surface area contributed by atoms with E-state index in [2.05, 4.69) is 32.2 Å². The van der Waals surface area contributed by atoms with E-state index in [1.54, 1.807) is 12.0 Å². The van der Waals surface area contributed by atoms with Crippen molar-refractivity contribution in [1.29, 1.82) is 0 Å². The summed E-state index contributed by atoms with van der Waals surface area (Å²) in [5.41, 5.74) is 2.71. The highest BCUT2D eigenvalue weighted by Crippen LogP contribution is 2.35. The molecule has 0 aliphatic rings. The highest BCUT2D eigenvalue weighted by atomic mass is 16.5. The fourth-order valence-electron chi connectivity index (χ4n) is 2.30. The maximum atomic E-state index is 12.7. The van der Waals surface area contributed by atoms with Gasteiger partial charge in [-0.1, -0.05) is 26.8 Å². The van der Waals surface area contributed by atoms with Crippen LogP contribution in [-0.2, 0) is 5.41 Å². The first-order chi connectivity index (χ1) is 9.72. The number of carbonyl (C=O) groups excluding carboxylic acids is 1. The Bertz CT molecular complexity index is 504.